The van der Waals surface area contributed by atoms with Crippen LogP contribution >= 0.6 is 15.9 Å². The van der Waals surface area contributed by atoms with Gasteiger partial charge < -0.3 is 24.4 Å². The molecule has 7 atom stereocenters. The summed E-state index contributed by atoms with van der Waals surface area (Å²) >= 11 is 3.71. The van der Waals surface area contributed by atoms with Gasteiger partial charge >= 0.3 is 5.97 Å². The highest BCUT2D eigenvalue weighted by atomic mass is 79.9. The largest absolute Gasteiger partial charge is 0.465 e. The second-order valence-corrected chi connectivity index (χ2v) is 12.0. The zero-order valence-corrected chi connectivity index (χ0v) is 24.6. The Morgan fingerprint density at radius 1 is 1.26 bits per heavy atom. The maximum Gasteiger partial charge on any atom is 0.312 e. The van der Waals surface area contributed by atoms with Gasteiger partial charge in [0.1, 0.15) is 11.6 Å². The number of allylic oxidation sites excluding steroid dienone is 1. The predicted octanol–water partition coefficient (Wildman–Crippen LogP) is 4.00. The van der Waals surface area contributed by atoms with E-state index >= 15 is 0 Å². The predicted molar refractivity (Wildman–Crippen MR) is 150 cm³/mol. The molecule has 214 valence electrons. The number of halogens is 1. The van der Waals surface area contributed by atoms with E-state index in [0.717, 1.165) is 38.5 Å². The lowest BCUT2D eigenvalue weighted by Gasteiger charge is -2.39. The molecule has 0 radical (unpaired) electrons. The quantitative estimate of drug-likeness (QED) is 0.118. The molecule has 9 heteroatoms. The lowest BCUT2D eigenvalue weighted by molar-refractivity contribution is -0.155. The number of carbonyl (C=O) groups excluding carboxylic acids is 3. The molecule has 0 aromatic carbocycles. The molecule has 8 nitrogen and oxygen atoms in total. The maximum atomic E-state index is 14.3. The van der Waals surface area contributed by atoms with Crippen molar-refractivity contribution in [3.8, 4) is 0 Å². The van der Waals surface area contributed by atoms with Gasteiger partial charge in [0, 0.05) is 30.6 Å². The first-order valence-electron chi connectivity index (χ1n) is 14.2. The highest BCUT2D eigenvalue weighted by Gasteiger charge is 2.77. The van der Waals surface area contributed by atoms with Crippen LogP contribution in [0.1, 0.15) is 71.6 Å². The number of alkyl halides is 1. The molecule has 0 saturated carbocycles. The van der Waals surface area contributed by atoms with Crippen molar-refractivity contribution in [2.45, 2.75) is 100 Å². The summed E-state index contributed by atoms with van der Waals surface area (Å²) in [5.41, 5.74) is -1.08. The number of hydrogen-bond acceptors (Lipinski definition) is 6. The van der Waals surface area contributed by atoms with E-state index in [4.69, 9.17) is 9.47 Å². The second-order valence-electron chi connectivity index (χ2n) is 10.8. The Morgan fingerprint density at radius 3 is 2.68 bits per heavy atom. The van der Waals surface area contributed by atoms with Crippen molar-refractivity contribution in [3.05, 3.63) is 25.3 Å². The van der Waals surface area contributed by atoms with Gasteiger partial charge in [0.15, 0.2) is 0 Å². The van der Waals surface area contributed by atoms with Crippen LogP contribution in [0.2, 0.25) is 0 Å². The van der Waals surface area contributed by atoms with E-state index in [0.29, 0.717) is 32.4 Å². The second kappa shape index (κ2) is 14.1. The van der Waals surface area contributed by atoms with Gasteiger partial charge in [-0.05, 0) is 58.3 Å². The van der Waals surface area contributed by atoms with Crippen LogP contribution in [0.5, 0.6) is 0 Å². The maximum absolute atomic E-state index is 14.3. The summed E-state index contributed by atoms with van der Waals surface area (Å²) in [7, 11) is 0. The van der Waals surface area contributed by atoms with E-state index in [1.54, 1.807) is 15.9 Å². The molecule has 3 aliphatic heterocycles. The molecular weight excluding hydrogens is 552 g/mol. The fourth-order valence-electron chi connectivity index (χ4n) is 6.51. The highest BCUT2D eigenvalue weighted by Crippen LogP contribution is 2.60. The van der Waals surface area contributed by atoms with Gasteiger partial charge in [0.05, 0.1) is 24.5 Å². The van der Waals surface area contributed by atoms with E-state index in [2.05, 4.69) is 36.0 Å². The summed E-state index contributed by atoms with van der Waals surface area (Å²) in [6.07, 6.45) is 9.75. The molecule has 4 unspecified atom stereocenters. The van der Waals surface area contributed by atoms with Crippen LogP contribution in [-0.4, -0.2) is 87.6 Å². The van der Waals surface area contributed by atoms with Gasteiger partial charge in [-0.15, -0.1) is 13.2 Å². The zero-order chi connectivity index (χ0) is 27.9. The number of nitrogens with zero attached hydrogens (tertiary/aromatic N) is 2. The minimum absolute atomic E-state index is 0.0259. The lowest BCUT2D eigenvalue weighted by atomic mass is 9.70. The van der Waals surface area contributed by atoms with Crippen LogP contribution in [0.15, 0.2) is 25.3 Å². The molecule has 0 aromatic heterocycles. The summed E-state index contributed by atoms with van der Waals surface area (Å²) in [6.45, 7) is 12.8. The molecule has 3 aliphatic rings. The molecule has 0 aromatic rings. The first-order chi connectivity index (χ1) is 18.3. The number of likely N-dealkylation sites (tertiary alicyclic amines) is 1. The number of amides is 2. The van der Waals surface area contributed by atoms with Crippen LogP contribution in [0.3, 0.4) is 0 Å². The number of hydrogen-bond donors (Lipinski definition) is 1. The van der Waals surface area contributed by atoms with Gasteiger partial charge in [0.25, 0.3) is 0 Å². The SMILES string of the molecule is C=CCCCCOC(=O)[C@H]1[C@@H]2OC3(CC2Br)C(C(=O)N(CC=C)C(C)CCC)N(CCCCCO)C(=O)[C@H]13. The van der Waals surface area contributed by atoms with E-state index < -0.39 is 35.6 Å². The van der Waals surface area contributed by atoms with Gasteiger partial charge in [-0.25, -0.2) is 0 Å². The van der Waals surface area contributed by atoms with Crippen molar-refractivity contribution >= 4 is 33.7 Å². The van der Waals surface area contributed by atoms with Crippen molar-refractivity contribution in [3.63, 3.8) is 0 Å². The zero-order valence-electron chi connectivity index (χ0n) is 23.0. The van der Waals surface area contributed by atoms with Gasteiger partial charge in [-0.1, -0.05) is 41.4 Å². The topological polar surface area (TPSA) is 96.4 Å². The minimum Gasteiger partial charge on any atom is -0.465 e. The molecule has 1 N–H and O–H groups in total. The fourth-order valence-corrected chi connectivity index (χ4v) is 7.45. The average molecular weight is 598 g/mol. The molecule has 1 spiro atoms. The molecule has 3 rings (SSSR count). The van der Waals surface area contributed by atoms with Crippen molar-refractivity contribution < 1.29 is 29.0 Å². The van der Waals surface area contributed by atoms with E-state index in [-0.39, 0.29) is 35.9 Å². The molecule has 2 bridgehead atoms. The van der Waals surface area contributed by atoms with Gasteiger partial charge in [-0.2, -0.15) is 0 Å². The molecule has 0 aliphatic carbocycles. The summed E-state index contributed by atoms with van der Waals surface area (Å²) in [5, 5.41) is 9.22. The molecule has 2 amide bonds. The van der Waals surface area contributed by atoms with Crippen molar-refractivity contribution in [1.29, 1.82) is 0 Å². The third-order valence-electron chi connectivity index (χ3n) is 8.25. The van der Waals surface area contributed by atoms with Crippen LogP contribution in [0.4, 0.5) is 0 Å². The Hall–Kier alpha value is -1.71. The van der Waals surface area contributed by atoms with Gasteiger partial charge in [0.2, 0.25) is 11.8 Å². The molecule has 3 saturated heterocycles. The van der Waals surface area contributed by atoms with Crippen LogP contribution in [-0.2, 0) is 23.9 Å². The Bertz CT molecular complexity index is 868. The number of aliphatic hydroxyl groups excluding tert-OH is 1. The third-order valence-corrected chi connectivity index (χ3v) is 9.09. The number of ether oxygens (including phenoxy) is 2. The summed E-state index contributed by atoms with van der Waals surface area (Å²) in [5.74, 6) is -2.28. The van der Waals surface area contributed by atoms with Crippen molar-refractivity contribution in [2.75, 3.05) is 26.3 Å². The Morgan fingerprint density at radius 2 is 2.03 bits per heavy atom. The normalized spacial score (nSPS) is 30.3. The van der Waals surface area contributed by atoms with E-state index in [1.807, 2.05) is 13.0 Å². The summed E-state index contributed by atoms with van der Waals surface area (Å²) in [4.78, 5) is 45.0. The first kappa shape index (κ1) is 30.8. The number of esters is 1. The van der Waals surface area contributed by atoms with Crippen LogP contribution < -0.4 is 0 Å². The molecule has 3 fully saturated rings. The summed E-state index contributed by atoms with van der Waals surface area (Å²) < 4.78 is 12.2. The average Bonchev–Trinajstić information content (AvgIpc) is 3.48. The summed E-state index contributed by atoms with van der Waals surface area (Å²) in [6, 6.07) is -0.842. The number of unbranched alkanes of at least 4 members (excludes halogenated alkanes) is 4. The standard InChI is InChI=1S/C29H45BrN2O6/c1-5-8-9-13-18-37-28(36)22-23-26(34)32(16-11-10-12-17-33)25(29(23)19-21(30)24(22)38-29)27(35)31(15-7-3)20(4)14-6-2/h5,7,20-25,33H,1,3,6,8-19H2,2,4H3/t20?,21?,22-,23+,24-,25?,29?/m1/s1. The fraction of sp³-hybridized carbons (Fsp3) is 0.759. The Labute approximate surface area is 235 Å². The lowest BCUT2D eigenvalue weighted by Crippen LogP contribution is -2.58. The molecule has 38 heavy (non-hydrogen) atoms. The van der Waals surface area contributed by atoms with E-state index in [9.17, 15) is 19.5 Å². The molecule has 3 heterocycles. The first-order valence-corrected chi connectivity index (χ1v) is 15.1. The third kappa shape index (κ3) is 6.04. The van der Waals surface area contributed by atoms with Crippen LogP contribution in [0.25, 0.3) is 0 Å². The number of carbonyl (C=O) groups is 3. The van der Waals surface area contributed by atoms with Crippen LogP contribution in [0, 0.1) is 11.8 Å². The van der Waals surface area contributed by atoms with Crippen molar-refractivity contribution in [1.82, 2.24) is 9.80 Å². The van der Waals surface area contributed by atoms with E-state index in [1.165, 1.54) is 0 Å². The highest BCUT2D eigenvalue weighted by molar-refractivity contribution is 9.09. The minimum atomic E-state index is -1.08. The number of aliphatic hydroxyl groups is 1. The Balaban J connectivity index is 1.92. The van der Waals surface area contributed by atoms with Crippen molar-refractivity contribution in [2.24, 2.45) is 11.8 Å². The molecular formula is C29H45BrN2O6. The number of rotatable bonds is 17. The Kier molecular flexibility index (Phi) is 11.4. The smallest absolute Gasteiger partial charge is 0.312 e. The monoisotopic (exact) mass is 596 g/mol. The number of fused-ring (bicyclic) bond motifs is 1. The van der Waals surface area contributed by atoms with Gasteiger partial charge in [-0.3, -0.25) is 14.4 Å².